The number of ketones is 1. The van der Waals surface area contributed by atoms with Crippen molar-refractivity contribution in [3.05, 3.63) is 95.3 Å². The molecule has 0 spiro atoms. The van der Waals surface area contributed by atoms with Crippen LogP contribution in [0.3, 0.4) is 0 Å². The molecule has 2 aromatic carbocycles. The number of hydrogen-bond donors (Lipinski definition) is 1. The van der Waals surface area contributed by atoms with E-state index in [0.717, 1.165) is 5.56 Å². The number of carbonyl (C=O) groups is 2. The van der Waals surface area contributed by atoms with Crippen LogP contribution in [0.25, 0.3) is 5.76 Å². The Labute approximate surface area is 186 Å². The molecule has 0 bridgehead atoms. The second-order valence-electron chi connectivity index (χ2n) is 7.93. The van der Waals surface area contributed by atoms with Crippen LogP contribution in [0.1, 0.15) is 36.6 Å². The van der Waals surface area contributed by atoms with Gasteiger partial charge in [0.15, 0.2) is 0 Å². The van der Waals surface area contributed by atoms with Crippen LogP contribution in [0.2, 0.25) is 0 Å². The summed E-state index contributed by atoms with van der Waals surface area (Å²) in [6.45, 7) is 5.73. The number of aromatic nitrogens is 1. The summed E-state index contributed by atoms with van der Waals surface area (Å²) < 4.78 is 5.66. The second-order valence-corrected chi connectivity index (χ2v) is 7.93. The van der Waals surface area contributed by atoms with E-state index in [1.165, 1.54) is 4.90 Å². The minimum Gasteiger partial charge on any atom is -0.507 e. The fourth-order valence-electron chi connectivity index (χ4n) is 3.89. The number of Topliss-reactive ketones (excluding diaryl/α,β-unsaturated/α-hetero) is 1. The van der Waals surface area contributed by atoms with Crippen molar-refractivity contribution in [2.75, 3.05) is 4.90 Å². The van der Waals surface area contributed by atoms with Gasteiger partial charge in [-0.15, -0.1) is 0 Å². The van der Waals surface area contributed by atoms with Crippen LogP contribution in [0.5, 0.6) is 5.75 Å². The molecule has 1 saturated heterocycles. The molecule has 0 saturated carbocycles. The molecular formula is C26H24N2O4. The van der Waals surface area contributed by atoms with Gasteiger partial charge in [0.1, 0.15) is 11.5 Å². The molecule has 1 aromatic heterocycles. The molecule has 1 N–H and O–H groups in total. The van der Waals surface area contributed by atoms with E-state index in [-0.39, 0.29) is 17.4 Å². The lowest BCUT2D eigenvalue weighted by molar-refractivity contribution is -0.132. The van der Waals surface area contributed by atoms with E-state index in [1.807, 2.05) is 39.0 Å². The molecule has 6 heteroatoms. The first-order valence-corrected chi connectivity index (χ1v) is 10.4. The van der Waals surface area contributed by atoms with Crippen LogP contribution in [0.4, 0.5) is 5.69 Å². The number of carbonyl (C=O) groups excluding carboxylic acids is 2. The van der Waals surface area contributed by atoms with Crippen molar-refractivity contribution in [3.63, 3.8) is 0 Å². The van der Waals surface area contributed by atoms with E-state index < -0.39 is 17.7 Å². The highest BCUT2D eigenvalue weighted by atomic mass is 16.5. The fourth-order valence-corrected chi connectivity index (χ4v) is 3.89. The molecule has 2 heterocycles. The molecule has 162 valence electrons. The number of para-hydroxylation sites is 1. The van der Waals surface area contributed by atoms with Gasteiger partial charge in [-0.2, -0.15) is 0 Å². The van der Waals surface area contributed by atoms with Crippen LogP contribution in [-0.4, -0.2) is 27.9 Å². The van der Waals surface area contributed by atoms with E-state index in [1.54, 1.807) is 54.9 Å². The van der Waals surface area contributed by atoms with Crippen LogP contribution >= 0.6 is 0 Å². The lowest BCUT2D eigenvalue weighted by Crippen LogP contribution is -2.30. The molecule has 1 fully saturated rings. The predicted octanol–water partition coefficient (Wildman–Crippen LogP) is 4.80. The van der Waals surface area contributed by atoms with Crippen LogP contribution < -0.4 is 9.64 Å². The summed E-state index contributed by atoms with van der Waals surface area (Å²) in [5.41, 5.74) is 2.63. The summed E-state index contributed by atoms with van der Waals surface area (Å²) in [6, 6.07) is 16.9. The Balaban J connectivity index is 1.87. The number of hydrogen-bond acceptors (Lipinski definition) is 5. The maximum absolute atomic E-state index is 13.2. The van der Waals surface area contributed by atoms with E-state index in [4.69, 9.17) is 4.74 Å². The molecule has 1 unspecified atom stereocenters. The first-order chi connectivity index (χ1) is 15.4. The Morgan fingerprint density at radius 1 is 1.00 bits per heavy atom. The number of rotatable bonds is 5. The zero-order valence-corrected chi connectivity index (χ0v) is 18.1. The second kappa shape index (κ2) is 8.67. The molecule has 1 amide bonds. The van der Waals surface area contributed by atoms with Gasteiger partial charge in [0.2, 0.25) is 0 Å². The maximum Gasteiger partial charge on any atom is 0.300 e. The minimum absolute atomic E-state index is 0.0144. The van der Waals surface area contributed by atoms with Gasteiger partial charge >= 0.3 is 0 Å². The number of anilines is 1. The quantitative estimate of drug-likeness (QED) is 0.359. The third kappa shape index (κ3) is 3.87. The van der Waals surface area contributed by atoms with Gasteiger partial charge < -0.3 is 9.84 Å². The Morgan fingerprint density at radius 2 is 1.66 bits per heavy atom. The van der Waals surface area contributed by atoms with Crippen molar-refractivity contribution in [1.29, 1.82) is 0 Å². The zero-order chi connectivity index (χ0) is 22.8. The van der Waals surface area contributed by atoms with Gasteiger partial charge in [-0.05, 0) is 74.4 Å². The van der Waals surface area contributed by atoms with Crippen molar-refractivity contribution >= 4 is 23.1 Å². The van der Waals surface area contributed by atoms with E-state index >= 15 is 0 Å². The minimum atomic E-state index is -0.773. The molecule has 32 heavy (non-hydrogen) atoms. The molecule has 1 atom stereocenters. The van der Waals surface area contributed by atoms with E-state index in [0.29, 0.717) is 22.6 Å². The summed E-state index contributed by atoms with van der Waals surface area (Å²) in [5, 5.41) is 11.2. The number of amides is 1. The molecule has 0 radical (unpaired) electrons. The third-order valence-electron chi connectivity index (χ3n) is 5.34. The van der Waals surface area contributed by atoms with Gasteiger partial charge in [0.05, 0.1) is 17.7 Å². The molecule has 6 nitrogen and oxygen atoms in total. The Kier molecular flexibility index (Phi) is 5.77. The smallest absolute Gasteiger partial charge is 0.300 e. The molecular weight excluding hydrogens is 404 g/mol. The van der Waals surface area contributed by atoms with Crippen LogP contribution in [0.15, 0.2) is 78.6 Å². The number of aliphatic hydroxyl groups is 1. The standard InChI is InChI=1S/C26H24N2O4/c1-16(2)32-20-10-8-19(9-11-20)24(29)22-23(18-12-14-27-15-13-18)28(26(31)25(22)30)21-7-5-4-6-17(21)3/h4-16,23,29H,1-3H3/b24-22+. The fraction of sp³-hybridized carbons (Fsp3) is 0.192. The van der Waals surface area contributed by atoms with E-state index in [9.17, 15) is 14.7 Å². The monoisotopic (exact) mass is 428 g/mol. The third-order valence-corrected chi connectivity index (χ3v) is 5.34. The summed E-state index contributed by atoms with van der Waals surface area (Å²) in [6.07, 6.45) is 3.22. The van der Waals surface area contributed by atoms with Gasteiger partial charge in [-0.1, -0.05) is 18.2 Å². The predicted molar refractivity (Wildman–Crippen MR) is 122 cm³/mol. The van der Waals surface area contributed by atoms with Crippen molar-refractivity contribution in [1.82, 2.24) is 4.98 Å². The van der Waals surface area contributed by atoms with Crippen molar-refractivity contribution in [3.8, 4) is 5.75 Å². The number of aliphatic hydroxyl groups excluding tert-OH is 1. The largest absolute Gasteiger partial charge is 0.507 e. The number of pyridine rings is 1. The number of nitrogens with zero attached hydrogens (tertiary/aromatic N) is 2. The Hall–Kier alpha value is -3.93. The number of aryl methyl sites for hydroxylation is 1. The molecule has 1 aliphatic heterocycles. The summed E-state index contributed by atoms with van der Waals surface area (Å²) in [5.74, 6) is -0.975. The number of ether oxygens (including phenoxy) is 1. The summed E-state index contributed by atoms with van der Waals surface area (Å²) in [7, 11) is 0. The van der Waals surface area contributed by atoms with Gasteiger partial charge in [-0.25, -0.2) is 0 Å². The summed E-state index contributed by atoms with van der Waals surface area (Å²) >= 11 is 0. The average Bonchev–Trinajstić information content (AvgIpc) is 3.05. The van der Waals surface area contributed by atoms with Gasteiger partial charge in [0.25, 0.3) is 11.7 Å². The highest BCUT2D eigenvalue weighted by Gasteiger charge is 2.47. The first-order valence-electron chi connectivity index (χ1n) is 10.4. The highest BCUT2D eigenvalue weighted by molar-refractivity contribution is 6.51. The van der Waals surface area contributed by atoms with Gasteiger partial charge in [-0.3, -0.25) is 19.5 Å². The highest BCUT2D eigenvalue weighted by Crippen LogP contribution is 2.42. The normalized spacial score (nSPS) is 17.8. The van der Waals surface area contributed by atoms with E-state index in [2.05, 4.69) is 4.98 Å². The molecule has 1 aliphatic rings. The Morgan fingerprint density at radius 3 is 2.28 bits per heavy atom. The maximum atomic E-state index is 13.2. The van der Waals surface area contributed by atoms with Crippen LogP contribution in [-0.2, 0) is 9.59 Å². The number of benzene rings is 2. The van der Waals surface area contributed by atoms with Crippen LogP contribution in [0, 0.1) is 6.92 Å². The zero-order valence-electron chi connectivity index (χ0n) is 18.1. The lowest BCUT2D eigenvalue weighted by atomic mass is 9.95. The van der Waals surface area contributed by atoms with Crippen molar-refractivity contribution < 1.29 is 19.4 Å². The topological polar surface area (TPSA) is 79.7 Å². The average molecular weight is 428 g/mol. The molecule has 4 rings (SSSR count). The van der Waals surface area contributed by atoms with Gasteiger partial charge in [0, 0.05) is 23.6 Å². The molecule has 3 aromatic rings. The van der Waals surface area contributed by atoms with Crippen molar-refractivity contribution in [2.45, 2.75) is 32.9 Å². The lowest BCUT2D eigenvalue weighted by Gasteiger charge is -2.26. The Bertz CT molecular complexity index is 1180. The molecule has 0 aliphatic carbocycles. The van der Waals surface area contributed by atoms with Crippen molar-refractivity contribution in [2.24, 2.45) is 0 Å². The SMILES string of the molecule is Cc1ccccc1N1C(=O)C(=O)/C(=C(/O)c2ccc(OC(C)C)cc2)C1c1ccncc1. The summed E-state index contributed by atoms with van der Waals surface area (Å²) in [4.78, 5) is 31.8. The first kappa shape index (κ1) is 21.3.